The molecule has 1 saturated heterocycles. The molecule has 6 heteroatoms. The van der Waals surface area contributed by atoms with Crippen LogP contribution in [0.3, 0.4) is 0 Å². The number of pyridine rings is 1. The van der Waals surface area contributed by atoms with Gasteiger partial charge in [-0.3, -0.25) is 9.59 Å². The molecule has 0 bridgehead atoms. The van der Waals surface area contributed by atoms with Crippen LogP contribution in [0.25, 0.3) is 11.3 Å². The zero-order valence-electron chi connectivity index (χ0n) is 15.2. The van der Waals surface area contributed by atoms with Crippen molar-refractivity contribution in [3.8, 4) is 11.3 Å². The number of imidazole rings is 1. The van der Waals surface area contributed by atoms with E-state index < -0.39 is 0 Å². The van der Waals surface area contributed by atoms with E-state index in [0.717, 1.165) is 36.3 Å². The first-order valence-electron chi connectivity index (χ1n) is 9.24. The number of aryl methyl sites for hydroxylation is 1. The van der Waals surface area contributed by atoms with Crippen molar-refractivity contribution in [3.63, 3.8) is 0 Å². The fraction of sp³-hybridized carbons (Fsp3) is 0.286. The van der Waals surface area contributed by atoms with Gasteiger partial charge in [0.25, 0.3) is 5.91 Å². The molecule has 1 fully saturated rings. The second kappa shape index (κ2) is 7.23. The first-order valence-corrected chi connectivity index (χ1v) is 9.24. The Bertz CT molecular complexity index is 1010. The molecule has 27 heavy (non-hydrogen) atoms. The van der Waals surface area contributed by atoms with Gasteiger partial charge in [0.2, 0.25) is 5.56 Å². The van der Waals surface area contributed by atoms with E-state index in [-0.39, 0.29) is 17.5 Å². The second-order valence-corrected chi connectivity index (χ2v) is 6.97. The number of nitrogens with zero attached hydrogens (tertiary/aromatic N) is 2. The third-order valence-electron chi connectivity index (χ3n) is 4.99. The Morgan fingerprint density at radius 1 is 1.15 bits per heavy atom. The summed E-state index contributed by atoms with van der Waals surface area (Å²) >= 11 is 0. The van der Waals surface area contributed by atoms with Crippen molar-refractivity contribution < 1.29 is 4.79 Å². The monoisotopic (exact) mass is 362 g/mol. The largest absolute Gasteiger partial charge is 0.340 e. The van der Waals surface area contributed by atoms with Gasteiger partial charge in [-0.15, -0.1) is 0 Å². The number of hydrogen-bond donors (Lipinski definition) is 2. The number of rotatable bonds is 3. The van der Waals surface area contributed by atoms with Crippen LogP contribution in [0, 0.1) is 6.92 Å². The molecule has 1 aliphatic rings. The summed E-state index contributed by atoms with van der Waals surface area (Å²) < 4.78 is 0. The normalized spacial score (nSPS) is 17.1. The summed E-state index contributed by atoms with van der Waals surface area (Å²) in [6, 6.07) is 13.0. The van der Waals surface area contributed by atoms with Crippen molar-refractivity contribution in [1.82, 2.24) is 19.9 Å². The van der Waals surface area contributed by atoms with Gasteiger partial charge in [0.05, 0.1) is 17.9 Å². The van der Waals surface area contributed by atoms with E-state index in [9.17, 15) is 9.59 Å². The lowest BCUT2D eigenvalue weighted by atomic mass is 10.00. The molecule has 1 amide bonds. The molecular formula is C21H22N4O2. The van der Waals surface area contributed by atoms with Gasteiger partial charge >= 0.3 is 0 Å². The second-order valence-electron chi connectivity index (χ2n) is 6.97. The number of hydrogen-bond acceptors (Lipinski definition) is 3. The first-order chi connectivity index (χ1) is 13.1. The maximum atomic E-state index is 13.1. The maximum Gasteiger partial charge on any atom is 0.254 e. The van der Waals surface area contributed by atoms with Crippen molar-refractivity contribution in [2.45, 2.75) is 32.2 Å². The van der Waals surface area contributed by atoms with Crippen molar-refractivity contribution in [1.29, 1.82) is 0 Å². The van der Waals surface area contributed by atoms with Crippen LogP contribution in [0.4, 0.5) is 0 Å². The lowest BCUT2D eigenvalue weighted by Crippen LogP contribution is -2.39. The number of likely N-dealkylation sites (tertiary alicyclic amines) is 1. The number of piperidine rings is 1. The number of carbonyl (C=O) groups excluding carboxylic acids is 1. The highest BCUT2D eigenvalue weighted by atomic mass is 16.2. The van der Waals surface area contributed by atoms with Crippen LogP contribution in [0.15, 0.2) is 53.5 Å². The van der Waals surface area contributed by atoms with Gasteiger partial charge in [0, 0.05) is 23.9 Å². The molecule has 3 heterocycles. The zero-order valence-corrected chi connectivity index (χ0v) is 15.2. The zero-order chi connectivity index (χ0) is 18.8. The van der Waals surface area contributed by atoms with Crippen LogP contribution in [0.2, 0.25) is 0 Å². The Hall–Kier alpha value is -3.15. The maximum absolute atomic E-state index is 13.1. The molecule has 1 atom stereocenters. The molecule has 1 unspecified atom stereocenters. The minimum Gasteiger partial charge on any atom is -0.340 e. The van der Waals surface area contributed by atoms with Gasteiger partial charge in [-0.25, -0.2) is 4.98 Å². The standard InChI is InChI=1S/C21H22N4O2/c1-14-11-16(12-19(26)23-14)21(27)25-10-6-5-9-18(25)20-22-13-17(24-20)15-7-3-2-4-8-15/h2-4,7-8,11-13,18H,5-6,9-10H2,1H3,(H,22,24)(H,23,26). The molecule has 2 aromatic heterocycles. The summed E-state index contributed by atoms with van der Waals surface area (Å²) in [6.07, 6.45) is 4.68. The number of carbonyl (C=O) groups is 1. The van der Waals surface area contributed by atoms with E-state index in [1.54, 1.807) is 13.0 Å². The van der Waals surface area contributed by atoms with E-state index in [0.29, 0.717) is 17.8 Å². The Labute approximate surface area is 157 Å². The van der Waals surface area contributed by atoms with E-state index in [4.69, 9.17) is 0 Å². The minimum absolute atomic E-state index is 0.108. The van der Waals surface area contributed by atoms with E-state index in [2.05, 4.69) is 15.0 Å². The number of aromatic nitrogens is 3. The molecule has 138 valence electrons. The lowest BCUT2D eigenvalue weighted by molar-refractivity contribution is 0.0600. The minimum atomic E-state index is -0.253. The third kappa shape index (κ3) is 3.56. The van der Waals surface area contributed by atoms with Crippen LogP contribution in [0.1, 0.15) is 47.2 Å². The fourth-order valence-electron chi connectivity index (χ4n) is 3.70. The molecule has 1 aromatic carbocycles. The highest BCUT2D eigenvalue weighted by Gasteiger charge is 2.31. The molecule has 3 aromatic rings. The Kier molecular flexibility index (Phi) is 4.62. The van der Waals surface area contributed by atoms with Crippen LogP contribution in [-0.2, 0) is 0 Å². The Morgan fingerprint density at radius 2 is 1.96 bits per heavy atom. The van der Waals surface area contributed by atoms with Crippen molar-refractivity contribution in [3.05, 3.63) is 76.1 Å². The van der Waals surface area contributed by atoms with Crippen LogP contribution in [-0.4, -0.2) is 32.3 Å². The molecule has 6 nitrogen and oxygen atoms in total. The summed E-state index contributed by atoms with van der Waals surface area (Å²) in [4.78, 5) is 37.3. The Morgan fingerprint density at radius 3 is 2.74 bits per heavy atom. The summed E-state index contributed by atoms with van der Waals surface area (Å²) in [5, 5.41) is 0. The smallest absolute Gasteiger partial charge is 0.254 e. The summed E-state index contributed by atoms with van der Waals surface area (Å²) in [7, 11) is 0. The SMILES string of the molecule is Cc1cc(C(=O)N2CCCCC2c2ncc(-c3ccccc3)[nH]2)cc(=O)[nH]1. The quantitative estimate of drug-likeness (QED) is 0.749. The first kappa shape index (κ1) is 17.3. The van der Waals surface area contributed by atoms with Crippen LogP contribution in [0.5, 0.6) is 0 Å². The van der Waals surface area contributed by atoms with Gasteiger partial charge in [-0.2, -0.15) is 0 Å². The number of nitrogens with one attached hydrogen (secondary N) is 2. The van der Waals surface area contributed by atoms with Crippen LogP contribution >= 0.6 is 0 Å². The van der Waals surface area contributed by atoms with Gasteiger partial charge in [-0.1, -0.05) is 30.3 Å². The number of H-pyrrole nitrogens is 2. The number of aromatic amines is 2. The topological polar surface area (TPSA) is 81.8 Å². The van der Waals surface area contributed by atoms with Gasteiger partial charge in [-0.05, 0) is 37.8 Å². The van der Waals surface area contributed by atoms with Gasteiger partial charge < -0.3 is 14.9 Å². The van der Waals surface area contributed by atoms with Gasteiger partial charge in [0.15, 0.2) is 0 Å². The van der Waals surface area contributed by atoms with E-state index >= 15 is 0 Å². The van der Waals surface area contributed by atoms with E-state index in [1.165, 1.54) is 6.07 Å². The average Bonchev–Trinajstić information content (AvgIpc) is 3.17. The highest BCUT2D eigenvalue weighted by molar-refractivity contribution is 5.94. The number of amides is 1. The molecular weight excluding hydrogens is 340 g/mol. The highest BCUT2D eigenvalue weighted by Crippen LogP contribution is 2.31. The fourth-order valence-corrected chi connectivity index (χ4v) is 3.70. The molecule has 0 spiro atoms. The summed E-state index contributed by atoms with van der Waals surface area (Å²) in [6.45, 7) is 2.45. The molecule has 1 aliphatic heterocycles. The number of benzene rings is 1. The van der Waals surface area contributed by atoms with Gasteiger partial charge in [0.1, 0.15) is 5.82 Å². The third-order valence-corrected chi connectivity index (χ3v) is 4.99. The predicted molar refractivity (Wildman–Crippen MR) is 103 cm³/mol. The molecule has 2 N–H and O–H groups in total. The van der Waals surface area contributed by atoms with E-state index in [1.807, 2.05) is 41.4 Å². The lowest BCUT2D eigenvalue weighted by Gasteiger charge is -2.34. The van der Waals surface area contributed by atoms with Crippen molar-refractivity contribution in [2.75, 3.05) is 6.54 Å². The Balaban J connectivity index is 1.64. The molecule has 4 rings (SSSR count). The molecule has 0 aliphatic carbocycles. The average molecular weight is 362 g/mol. The van der Waals surface area contributed by atoms with Crippen molar-refractivity contribution >= 4 is 5.91 Å². The molecule has 0 radical (unpaired) electrons. The van der Waals surface area contributed by atoms with Crippen LogP contribution < -0.4 is 5.56 Å². The predicted octanol–water partition coefficient (Wildman–Crippen LogP) is 3.44. The summed E-state index contributed by atoms with van der Waals surface area (Å²) in [5.74, 6) is 0.676. The summed E-state index contributed by atoms with van der Waals surface area (Å²) in [5.41, 5.74) is 2.86. The molecule has 0 saturated carbocycles. The van der Waals surface area contributed by atoms with Crippen molar-refractivity contribution in [2.24, 2.45) is 0 Å².